The smallest absolute Gasteiger partial charge is 0.259 e. The Bertz CT molecular complexity index is 1680. The van der Waals surface area contributed by atoms with E-state index in [0.29, 0.717) is 28.0 Å². The number of H-pyrrole nitrogens is 1. The van der Waals surface area contributed by atoms with Gasteiger partial charge in [-0.1, -0.05) is 60.7 Å². The van der Waals surface area contributed by atoms with Crippen molar-refractivity contribution in [3.8, 4) is 0 Å². The van der Waals surface area contributed by atoms with Crippen LogP contribution in [0.4, 0.5) is 11.8 Å². The van der Waals surface area contributed by atoms with E-state index < -0.39 is 11.0 Å². The molecule has 2 heterocycles. The summed E-state index contributed by atoms with van der Waals surface area (Å²) in [6.07, 6.45) is 0. The third-order valence-corrected chi connectivity index (χ3v) is 6.74. The fourth-order valence-corrected chi connectivity index (χ4v) is 5.61. The predicted octanol–water partition coefficient (Wildman–Crippen LogP) is 3.02. The first-order chi connectivity index (χ1) is 15.5. The Morgan fingerprint density at radius 1 is 0.844 bits per heavy atom. The van der Waals surface area contributed by atoms with Crippen molar-refractivity contribution >= 4 is 39.8 Å². The van der Waals surface area contributed by atoms with Gasteiger partial charge in [0.2, 0.25) is 5.95 Å². The van der Waals surface area contributed by atoms with Crippen LogP contribution in [0.15, 0.2) is 71.0 Å². The minimum Gasteiger partial charge on any atom is -0.369 e. The van der Waals surface area contributed by atoms with Gasteiger partial charge in [-0.05, 0) is 16.3 Å². The molecule has 2 aliphatic carbocycles. The summed E-state index contributed by atoms with van der Waals surface area (Å²) >= 11 is 0. The number of carbonyl (C=O) groups is 2. The van der Waals surface area contributed by atoms with Crippen LogP contribution in [0.1, 0.15) is 37.4 Å². The molecule has 0 radical (unpaired) electrons. The average Bonchev–Trinajstić information content (AvgIpc) is 3.21. The van der Waals surface area contributed by atoms with Gasteiger partial charge in [0.05, 0.1) is 11.3 Å². The second-order valence-corrected chi connectivity index (χ2v) is 8.21. The van der Waals surface area contributed by atoms with Crippen molar-refractivity contribution in [2.24, 2.45) is 0 Å². The van der Waals surface area contributed by atoms with Gasteiger partial charge in [-0.15, -0.1) is 0 Å². The monoisotopic (exact) mass is 418 g/mol. The molecular formula is C25H14N4O3. The molecule has 1 atom stereocenters. The summed E-state index contributed by atoms with van der Waals surface area (Å²) in [5.41, 5.74) is 6.81. The lowest BCUT2D eigenvalue weighted by Crippen LogP contribution is -2.46. The van der Waals surface area contributed by atoms with Crippen LogP contribution in [0.3, 0.4) is 0 Å². The molecule has 0 bridgehead atoms. The van der Waals surface area contributed by atoms with E-state index in [9.17, 15) is 14.4 Å². The van der Waals surface area contributed by atoms with Gasteiger partial charge in [-0.25, -0.2) is 0 Å². The quantitative estimate of drug-likeness (QED) is 0.404. The molecule has 1 aromatic heterocycles. The van der Waals surface area contributed by atoms with Crippen LogP contribution < -0.4 is 16.6 Å². The average molecular weight is 418 g/mol. The summed E-state index contributed by atoms with van der Waals surface area (Å²) in [5.74, 6) is -0.465. The standard InChI is InChI=1S/C25H14N4O3/c26-24-28-22-18(23(32)29-24)25(17-19(27-22)12-7-1-2-8-13(12)20(17)30)15-10-4-6-11-5-3-9-14(16(11)15)21(25)31/h1-10H,(H4,26,27,28,29,32). The first-order valence-corrected chi connectivity index (χ1v) is 10.2. The Labute approximate surface area is 180 Å². The Morgan fingerprint density at radius 2 is 1.56 bits per heavy atom. The molecule has 32 heavy (non-hydrogen) atoms. The van der Waals surface area contributed by atoms with Crippen molar-refractivity contribution in [1.29, 1.82) is 0 Å². The van der Waals surface area contributed by atoms with Gasteiger partial charge in [0.25, 0.3) is 5.56 Å². The number of aromatic amines is 1. The Morgan fingerprint density at radius 3 is 2.38 bits per heavy atom. The molecule has 4 aromatic rings. The molecule has 1 unspecified atom stereocenters. The van der Waals surface area contributed by atoms with E-state index in [0.717, 1.165) is 10.8 Å². The molecule has 3 aliphatic rings. The van der Waals surface area contributed by atoms with Crippen molar-refractivity contribution in [1.82, 2.24) is 9.97 Å². The SMILES string of the molecule is Nc1nc2c(c(=O)[nH]1)C1(C(=O)c3cccc4cccc1c34)C1=C(N2)c2ccccc2C1=O. The number of nitrogens with zero attached hydrogens (tertiary/aromatic N) is 1. The molecule has 1 spiro atoms. The van der Waals surface area contributed by atoms with Crippen molar-refractivity contribution < 1.29 is 9.59 Å². The van der Waals surface area contributed by atoms with Crippen molar-refractivity contribution in [3.63, 3.8) is 0 Å². The fraction of sp³-hybridized carbons (Fsp3) is 0.0400. The summed E-state index contributed by atoms with van der Waals surface area (Å²) in [6, 6.07) is 18.2. The molecule has 0 fully saturated rings. The van der Waals surface area contributed by atoms with E-state index >= 15 is 0 Å². The normalized spacial score (nSPS) is 19.9. The third kappa shape index (κ3) is 1.71. The number of carbonyl (C=O) groups excluding carboxylic acids is 2. The first-order valence-electron chi connectivity index (χ1n) is 10.2. The highest BCUT2D eigenvalue weighted by Crippen LogP contribution is 2.57. The Hall–Kier alpha value is -4.52. The zero-order chi connectivity index (χ0) is 21.8. The number of aromatic nitrogens is 2. The van der Waals surface area contributed by atoms with E-state index in [2.05, 4.69) is 15.3 Å². The lowest BCUT2D eigenvalue weighted by Gasteiger charge is -2.35. The highest BCUT2D eigenvalue weighted by molar-refractivity contribution is 6.34. The number of allylic oxidation sites excluding steroid dienone is 1. The van der Waals surface area contributed by atoms with Gasteiger partial charge >= 0.3 is 0 Å². The topological polar surface area (TPSA) is 118 Å². The van der Waals surface area contributed by atoms with E-state index in [1.807, 2.05) is 42.5 Å². The molecule has 7 heteroatoms. The van der Waals surface area contributed by atoms with Gasteiger partial charge in [-0.3, -0.25) is 19.4 Å². The number of benzene rings is 3. The van der Waals surface area contributed by atoms with Gasteiger partial charge < -0.3 is 11.1 Å². The molecule has 4 N–H and O–H groups in total. The number of nitrogens with one attached hydrogen (secondary N) is 2. The maximum absolute atomic E-state index is 14.3. The fourth-order valence-electron chi connectivity index (χ4n) is 5.61. The second-order valence-electron chi connectivity index (χ2n) is 8.21. The predicted molar refractivity (Wildman–Crippen MR) is 120 cm³/mol. The summed E-state index contributed by atoms with van der Waals surface area (Å²) in [6.45, 7) is 0. The van der Waals surface area contributed by atoms with Crippen molar-refractivity contribution in [2.75, 3.05) is 11.1 Å². The number of nitrogens with two attached hydrogens (primary N) is 1. The van der Waals surface area contributed by atoms with Crippen LogP contribution in [-0.4, -0.2) is 21.5 Å². The Balaban J connectivity index is 1.72. The minimum atomic E-state index is -1.61. The molecule has 0 amide bonds. The lowest BCUT2D eigenvalue weighted by atomic mass is 9.66. The molecule has 0 saturated heterocycles. The van der Waals surface area contributed by atoms with Gasteiger partial charge in [0.15, 0.2) is 11.6 Å². The maximum atomic E-state index is 14.3. The summed E-state index contributed by atoms with van der Waals surface area (Å²) in [4.78, 5) is 48.2. The van der Waals surface area contributed by atoms with Crippen LogP contribution in [-0.2, 0) is 5.41 Å². The van der Waals surface area contributed by atoms with E-state index in [1.54, 1.807) is 18.2 Å². The molecule has 7 nitrogen and oxygen atoms in total. The van der Waals surface area contributed by atoms with Gasteiger partial charge in [0, 0.05) is 22.3 Å². The number of rotatable bonds is 0. The van der Waals surface area contributed by atoms with Gasteiger partial charge in [0.1, 0.15) is 11.2 Å². The number of fused-ring (bicyclic) bond motifs is 6. The van der Waals surface area contributed by atoms with Crippen molar-refractivity contribution in [3.05, 3.63) is 104 Å². The zero-order valence-corrected chi connectivity index (χ0v) is 16.5. The molecule has 1 aliphatic heterocycles. The molecule has 7 rings (SSSR count). The number of nitrogen functional groups attached to an aromatic ring is 1. The summed E-state index contributed by atoms with van der Waals surface area (Å²) in [7, 11) is 0. The molecular weight excluding hydrogens is 404 g/mol. The number of ketones is 2. The molecule has 0 saturated carbocycles. The zero-order valence-electron chi connectivity index (χ0n) is 16.5. The number of Topliss-reactive ketones (excluding diaryl/α,β-unsaturated/α-hetero) is 2. The number of anilines is 2. The maximum Gasteiger partial charge on any atom is 0.259 e. The highest BCUT2D eigenvalue weighted by atomic mass is 16.1. The first kappa shape index (κ1) is 17.2. The lowest BCUT2D eigenvalue weighted by molar-refractivity contribution is 0.0910. The van der Waals surface area contributed by atoms with Crippen LogP contribution in [0, 0.1) is 0 Å². The minimum absolute atomic E-state index is 0.0702. The summed E-state index contributed by atoms with van der Waals surface area (Å²) < 4.78 is 0. The van der Waals surface area contributed by atoms with Crippen LogP contribution in [0.2, 0.25) is 0 Å². The largest absolute Gasteiger partial charge is 0.369 e. The van der Waals surface area contributed by atoms with Crippen LogP contribution in [0.25, 0.3) is 16.5 Å². The van der Waals surface area contributed by atoms with Crippen LogP contribution >= 0.6 is 0 Å². The molecule has 3 aromatic carbocycles. The van der Waals surface area contributed by atoms with E-state index in [4.69, 9.17) is 5.73 Å². The third-order valence-electron chi connectivity index (χ3n) is 6.74. The summed E-state index contributed by atoms with van der Waals surface area (Å²) in [5, 5.41) is 4.77. The number of hydrogen-bond donors (Lipinski definition) is 3. The van der Waals surface area contributed by atoms with E-state index in [-0.39, 0.29) is 34.5 Å². The second kappa shape index (κ2) is 5.39. The highest BCUT2D eigenvalue weighted by Gasteiger charge is 2.60. The van der Waals surface area contributed by atoms with Crippen LogP contribution in [0.5, 0.6) is 0 Å². The number of hydrogen-bond acceptors (Lipinski definition) is 6. The Kier molecular flexibility index (Phi) is 2.90. The van der Waals surface area contributed by atoms with E-state index in [1.165, 1.54) is 0 Å². The molecule has 152 valence electrons. The van der Waals surface area contributed by atoms with Crippen molar-refractivity contribution in [2.45, 2.75) is 5.41 Å². The van der Waals surface area contributed by atoms with Gasteiger partial charge in [-0.2, -0.15) is 4.98 Å².